The maximum atomic E-state index is 12.3. The van der Waals surface area contributed by atoms with E-state index < -0.39 is 15.9 Å². The molecule has 9 heteroatoms. The van der Waals surface area contributed by atoms with Gasteiger partial charge in [0.2, 0.25) is 10.0 Å². The van der Waals surface area contributed by atoms with Crippen LogP contribution in [0, 0.1) is 0 Å². The fraction of sp³-hybridized carbons (Fsp3) is 0.350. The standard InChI is InChI=1S/C20H26N2O6S/c1-26-16-6-4-15(5-7-16)10-11-22-29(24,25)13-12-21-20(23)18-9-8-17(27-2)14-19(18)28-3/h4-9,14,22H,10-13H2,1-3H3,(H,21,23). The molecule has 0 aliphatic heterocycles. The average molecular weight is 423 g/mol. The topological polar surface area (TPSA) is 103 Å². The molecule has 0 aliphatic rings. The van der Waals surface area contributed by atoms with Crippen LogP contribution in [0.3, 0.4) is 0 Å². The zero-order valence-corrected chi connectivity index (χ0v) is 17.5. The molecule has 0 saturated carbocycles. The Morgan fingerprint density at radius 2 is 1.55 bits per heavy atom. The Hall–Kier alpha value is -2.78. The molecule has 0 atom stereocenters. The quantitative estimate of drug-likeness (QED) is 0.570. The molecule has 0 bridgehead atoms. The third-order valence-corrected chi connectivity index (χ3v) is 5.59. The molecule has 2 rings (SSSR count). The van der Waals surface area contributed by atoms with Gasteiger partial charge in [0.25, 0.3) is 5.91 Å². The summed E-state index contributed by atoms with van der Waals surface area (Å²) in [5.74, 6) is 1.01. The van der Waals surface area contributed by atoms with Crippen molar-refractivity contribution in [2.45, 2.75) is 6.42 Å². The summed E-state index contributed by atoms with van der Waals surface area (Å²) < 4.78 is 42.1. The first-order valence-electron chi connectivity index (χ1n) is 8.99. The van der Waals surface area contributed by atoms with Crippen molar-refractivity contribution in [1.82, 2.24) is 10.0 Å². The Bertz CT molecular complexity index is 913. The summed E-state index contributed by atoms with van der Waals surface area (Å²) in [5, 5.41) is 2.60. The molecular weight excluding hydrogens is 396 g/mol. The molecule has 29 heavy (non-hydrogen) atoms. The highest BCUT2D eigenvalue weighted by molar-refractivity contribution is 7.89. The molecule has 0 aliphatic carbocycles. The third kappa shape index (κ3) is 6.95. The summed E-state index contributed by atoms with van der Waals surface area (Å²) in [6.45, 7) is 0.251. The van der Waals surface area contributed by atoms with Gasteiger partial charge in [0.1, 0.15) is 17.2 Å². The van der Waals surface area contributed by atoms with Gasteiger partial charge in [-0.05, 0) is 36.2 Å². The minimum Gasteiger partial charge on any atom is -0.497 e. The molecule has 2 N–H and O–H groups in total. The second-order valence-electron chi connectivity index (χ2n) is 6.13. The first-order chi connectivity index (χ1) is 13.9. The fourth-order valence-electron chi connectivity index (χ4n) is 2.60. The lowest BCUT2D eigenvalue weighted by molar-refractivity contribution is 0.0953. The van der Waals surface area contributed by atoms with Gasteiger partial charge < -0.3 is 19.5 Å². The van der Waals surface area contributed by atoms with E-state index in [4.69, 9.17) is 14.2 Å². The summed E-state index contributed by atoms with van der Waals surface area (Å²) in [7, 11) is 1.04. The SMILES string of the molecule is COc1ccc(CCNS(=O)(=O)CCNC(=O)c2ccc(OC)cc2OC)cc1. The van der Waals surface area contributed by atoms with Crippen LogP contribution in [0.25, 0.3) is 0 Å². The zero-order chi connectivity index (χ0) is 21.3. The van der Waals surface area contributed by atoms with E-state index in [0.717, 1.165) is 11.3 Å². The molecule has 0 fully saturated rings. The van der Waals surface area contributed by atoms with Crippen molar-refractivity contribution in [3.63, 3.8) is 0 Å². The minimum atomic E-state index is -3.51. The van der Waals surface area contributed by atoms with E-state index in [2.05, 4.69) is 10.0 Å². The Labute approximate surface area is 171 Å². The van der Waals surface area contributed by atoms with Gasteiger partial charge in [0.15, 0.2) is 0 Å². The van der Waals surface area contributed by atoms with Gasteiger partial charge in [-0.15, -0.1) is 0 Å². The highest BCUT2D eigenvalue weighted by Gasteiger charge is 2.15. The van der Waals surface area contributed by atoms with Crippen molar-refractivity contribution in [1.29, 1.82) is 0 Å². The first-order valence-corrected chi connectivity index (χ1v) is 10.6. The molecule has 0 radical (unpaired) electrons. The number of ether oxygens (including phenoxy) is 3. The van der Waals surface area contributed by atoms with Crippen LogP contribution in [0.4, 0.5) is 0 Å². The maximum absolute atomic E-state index is 12.3. The van der Waals surface area contributed by atoms with E-state index in [-0.39, 0.29) is 18.8 Å². The number of carbonyl (C=O) groups excluding carboxylic acids is 1. The lowest BCUT2D eigenvalue weighted by Gasteiger charge is -2.11. The third-order valence-electron chi connectivity index (χ3n) is 4.20. The number of sulfonamides is 1. The zero-order valence-electron chi connectivity index (χ0n) is 16.7. The van der Waals surface area contributed by atoms with Crippen molar-refractivity contribution in [2.24, 2.45) is 0 Å². The minimum absolute atomic E-state index is 0.0219. The lowest BCUT2D eigenvalue weighted by atomic mass is 10.1. The van der Waals surface area contributed by atoms with Gasteiger partial charge in [0, 0.05) is 19.2 Å². The first kappa shape index (κ1) is 22.5. The van der Waals surface area contributed by atoms with Gasteiger partial charge in [0.05, 0.1) is 32.6 Å². The smallest absolute Gasteiger partial charge is 0.255 e. The van der Waals surface area contributed by atoms with Crippen LogP contribution in [0.2, 0.25) is 0 Å². The van der Waals surface area contributed by atoms with Gasteiger partial charge in [-0.1, -0.05) is 12.1 Å². The molecule has 1 amide bonds. The van der Waals surface area contributed by atoms with Gasteiger partial charge in [-0.25, -0.2) is 13.1 Å². The van der Waals surface area contributed by atoms with Crippen LogP contribution in [-0.4, -0.2) is 54.5 Å². The van der Waals surface area contributed by atoms with Crippen molar-refractivity contribution in [3.05, 3.63) is 53.6 Å². The molecular formula is C20H26N2O6S. The Morgan fingerprint density at radius 3 is 2.17 bits per heavy atom. The highest BCUT2D eigenvalue weighted by Crippen LogP contribution is 2.24. The van der Waals surface area contributed by atoms with Crippen LogP contribution in [0.1, 0.15) is 15.9 Å². The van der Waals surface area contributed by atoms with E-state index in [0.29, 0.717) is 23.5 Å². The average Bonchev–Trinajstić information content (AvgIpc) is 2.73. The molecule has 0 heterocycles. The Kier molecular flexibility index (Phi) is 8.29. The molecule has 0 aromatic heterocycles. The number of hydrogen-bond donors (Lipinski definition) is 2. The fourth-order valence-corrected chi connectivity index (χ4v) is 3.52. The van der Waals surface area contributed by atoms with Crippen LogP contribution in [0.5, 0.6) is 17.2 Å². The predicted octanol–water partition coefficient (Wildman–Crippen LogP) is 1.60. The number of nitrogens with one attached hydrogen (secondary N) is 2. The summed E-state index contributed by atoms with van der Waals surface area (Å²) in [5.41, 5.74) is 1.30. The van der Waals surface area contributed by atoms with Gasteiger partial charge in [-0.2, -0.15) is 0 Å². The Balaban J connectivity index is 1.80. The number of rotatable bonds is 11. The van der Waals surface area contributed by atoms with Crippen LogP contribution >= 0.6 is 0 Å². The molecule has 158 valence electrons. The predicted molar refractivity (Wildman–Crippen MR) is 110 cm³/mol. The van der Waals surface area contributed by atoms with E-state index >= 15 is 0 Å². The van der Waals surface area contributed by atoms with Crippen molar-refractivity contribution < 1.29 is 27.4 Å². The van der Waals surface area contributed by atoms with Gasteiger partial charge in [-0.3, -0.25) is 4.79 Å². The molecule has 0 saturated heterocycles. The van der Waals surface area contributed by atoms with Crippen molar-refractivity contribution in [3.8, 4) is 17.2 Å². The van der Waals surface area contributed by atoms with Crippen molar-refractivity contribution >= 4 is 15.9 Å². The normalized spacial score (nSPS) is 11.0. The highest BCUT2D eigenvalue weighted by atomic mass is 32.2. The molecule has 0 unspecified atom stereocenters. The van der Waals surface area contributed by atoms with Crippen molar-refractivity contribution in [2.75, 3.05) is 40.2 Å². The number of hydrogen-bond acceptors (Lipinski definition) is 6. The lowest BCUT2D eigenvalue weighted by Crippen LogP contribution is -2.35. The van der Waals surface area contributed by atoms with E-state index in [1.54, 1.807) is 25.3 Å². The summed E-state index contributed by atoms with van der Waals surface area (Å²) in [6.07, 6.45) is 0.554. The Morgan fingerprint density at radius 1 is 0.897 bits per heavy atom. The van der Waals surface area contributed by atoms with E-state index in [1.807, 2.05) is 24.3 Å². The van der Waals surface area contributed by atoms with Crippen LogP contribution in [-0.2, 0) is 16.4 Å². The van der Waals surface area contributed by atoms with Gasteiger partial charge >= 0.3 is 0 Å². The number of methoxy groups -OCH3 is 3. The molecule has 2 aromatic rings. The summed E-state index contributed by atoms with van der Waals surface area (Å²) in [4.78, 5) is 12.3. The van der Waals surface area contributed by atoms with Crippen LogP contribution in [0.15, 0.2) is 42.5 Å². The molecule has 0 spiro atoms. The summed E-state index contributed by atoms with van der Waals surface area (Å²) in [6, 6.07) is 12.2. The molecule has 8 nitrogen and oxygen atoms in total. The number of carbonyl (C=O) groups is 1. The second-order valence-corrected chi connectivity index (χ2v) is 8.06. The van der Waals surface area contributed by atoms with Crippen LogP contribution < -0.4 is 24.2 Å². The largest absolute Gasteiger partial charge is 0.497 e. The number of amides is 1. The monoisotopic (exact) mass is 422 g/mol. The number of benzene rings is 2. The van der Waals surface area contributed by atoms with E-state index in [1.165, 1.54) is 14.2 Å². The second kappa shape index (κ2) is 10.7. The molecule has 2 aromatic carbocycles. The van der Waals surface area contributed by atoms with E-state index in [9.17, 15) is 13.2 Å². The maximum Gasteiger partial charge on any atom is 0.255 e. The summed E-state index contributed by atoms with van der Waals surface area (Å²) >= 11 is 0.